The van der Waals surface area contributed by atoms with Gasteiger partial charge in [-0.1, -0.05) is 23.7 Å². The van der Waals surface area contributed by atoms with Crippen LogP contribution in [0, 0.1) is 6.92 Å². The van der Waals surface area contributed by atoms with Crippen molar-refractivity contribution in [2.45, 2.75) is 13.5 Å². The Morgan fingerprint density at radius 1 is 1.28 bits per heavy atom. The number of ether oxygens (including phenoxy) is 1. The van der Waals surface area contributed by atoms with E-state index in [0.29, 0.717) is 18.2 Å². The molecular weight excluding hydrogens is 250 g/mol. The van der Waals surface area contributed by atoms with Gasteiger partial charge in [0.05, 0.1) is 7.11 Å². The molecule has 0 atom stereocenters. The van der Waals surface area contributed by atoms with E-state index in [2.05, 4.69) is 15.3 Å². The van der Waals surface area contributed by atoms with Crippen LogP contribution in [0.15, 0.2) is 30.3 Å². The van der Waals surface area contributed by atoms with Crippen LogP contribution in [0.1, 0.15) is 11.4 Å². The summed E-state index contributed by atoms with van der Waals surface area (Å²) in [6, 6.07) is 9.45. The fraction of sp³-hybridized carbons (Fsp3) is 0.231. The molecule has 0 saturated heterocycles. The van der Waals surface area contributed by atoms with Gasteiger partial charge in [0.2, 0.25) is 5.88 Å². The molecule has 1 aromatic carbocycles. The molecule has 18 heavy (non-hydrogen) atoms. The molecule has 0 aliphatic heterocycles. The summed E-state index contributed by atoms with van der Waals surface area (Å²) in [5.41, 5.74) is 1.10. The number of nitrogens with one attached hydrogen (secondary N) is 1. The highest BCUT2D eigenvalue weighted by atomic mass is 35.5. The minimum atomic E-state index is 0.552. The van der Waals surface area contributed by atoms with Crippen molar-refractivity contribution in [3.8, 4) is 5.88 Å². The predicted octanol–water partition coefficient (Wildman–Crippen LogP) is 3.06. The zero-order valence-corrected chi connectivity index (χ0v) is 11.0. The molecular formula is C13H14ClN3O. The van der Waals surface area contributed by atoms with Crippen LogP contribution in [-0.4, -0.2) is 17.1 Å². The number of aromatic nitrogens is 2. The van der Waals surface area contributed by atoms with E-state index in [-0.39, 0.29) is 0 Å². The fourth-order valence-corrected chi connectivity index (χ4v) is 1.79. The Bertz CT molecular complexity index is 546. The molecule has 1 N–H and O–H groups in total. The first-order valence-electron chi connectivity index (χ1n) is 5.55. The molecule has 0 amide bonds. The smallest absolute Gasteiger partial charge is 0.218 e. The van der Waals surface area contributed by atoms with E-state index < -0.39 is 0 Å². The summed E-state index contributed by atoms with van der Waals surface area (Å²) in [6.07, 6.45) is 0. The van der Waals surface area contributed by atoms with Gasteiger partial charge in [0.1, 0.15) is 11.6 Å². The summed E-state index contributed by atoms with van der Waals surface area (Å²) >= 11 is 5.93. The second-order valence-corrected chi connectivity index (χ2v) is 4.26. The van der Waals surface area contributed by atoms with Crippen LogP contribution < -0.4 is 10.1 Å². The number of hydrogen-bond acceptors (Lipinski definition) is 4. The number of methoxy groups -OCH3 is 1. The van der Waals surface area contributed by atoms with Gasteiger partial charge in [-0.3, -0.25) is 0 Å². The number of aryl methyl sites for hydroxylation is 1. The largest absolute Gasteiger partial charge is 0.481 e. The Hall–Kier alpha value is -1.81. The van der Waals surface area contributed by atoms with Crippen LogP contribution >= 0.6 is 11.6 Å². The van der Waals surface area contributed by atoms with Crippen molar-refractivity contribution in [1.29, 1.82) is 0 Å². The van der Waals surface area contributed by atoms with Crippen molar-refractivity contribution < 1.29 is 4.74 Å². The first kappa shape index (κ1) is 12.6. The maximum absolute atomic E-state index is 5.93. The number of benzene rings is 1. The van der Waals surface area contributed by atoms with Crippen molar-refractivity contribution in [3.05, 3.63) is 46.7 Å². The number of hydrogen-bond donors (Lipinski definition) is 1. The fourth-order valence-electron chi connectivity index (χ4n) is 1.57. The Kier molecular flexibility index (Phi) is 3.99. The van der Waals surface area contributed by atoms with Gasteiger partial charge in [-0.15, -0.1) is 0 Å². The average molecular weight is 264 g/mol. The van der Waals surface area contributed by atoms with Crippen LogP contribution in [0.4, 0.5) is 5.82 Å². The van der Waals surface area contributed by atoms with Gasteiger partial charge in [-0.05, 0) is 24.6 Å². The van der Waals surface area contributed by atoms with E-state index in [4.69, 9.17) is 16.3 Å². The van der Waals surface area contributed by atoms with E-state index in [9.17, 15) is 0 Å². The zero-order valence-electron chi connectivity index (χ0n) is 10.3. The van der Waals surface area contributed by atoms with Gasteiger partial charge < -0.3 is 10.1 Å². The number of halogens is 1. The molecule has 94 valence electrons. The SMILES string of the molecule is COc1cc(NCc2cccc(Cl)c2)nc(C)n1. The maximum atomic E-state index is 5.93. The van der Waals surface area contributed by atoms with Crippen LogP contribution in [0.3, 0.4) is 0 Å². The zero-order chi connectivity index (χ0) is 13.0. The van der Waals surface area contributed by atoms with Gasteiger partial charge in [-0.2, -0.15) is 4.98 Å². The molecule has 0 fully saturated rings. The van der Waals surface area contributed by atoms with Crippen molar-refractivity contribution >= 4 is 17.4 Å². The third-order valence-corrected chi connectivity index (χ3v) is 2.62. The van der Waals surface area contributed by atoms with Crippen LogP contribution in [-0.2, 0) is 6.54 Å². The van der Waals surface area contributed by atoms with Crippen LogP contribution in [0.25, 0.3) is 0 Å². The van der Waals surface area contributed by atoms with Gasteiger partial charge in [0.25, 0.3) is 0 Å². The topological polar surface area (TPSA) is 47.0 Å². The van der Waals surface area contributed by atoms with E-state index in [1.807, 2.05) is 31.2 Å². The van der Waals surface area contributed by atoms with Crippen molar-refractivity contribution in [3.63, 3.8) is 0 Å². The van der Waals surface area contributed by atoms with Crippen LogP contribution in [0.2, 0.25) is 5.02 Å². The number of nitrogens with zero attached hydrogens (tertiary/aromatic N) is 2. The molecule has 1 heterocycles. The van der Waals surface area contributed by atoms with Crippen molar-refractivity contribution in [2.75, 3.05) is 12.4 Å². The van der Waals surface area contributed by atoms with E-state index in [1.54, 1.807) is 13.2 Å². The van der Waals surface area contributed by atoms with Crippen LogP contribution in [0.5, 0.6) is 5.88 Å². The lowest BCUT2D eigenvalue weighted by Gasteiger charge is -2.08. The summed E-state index contributed by atoms with van der Waals surface area (Å²) in [6.45, 7) is 2.48. The molecule has 2 aromatic rings. The first-order chi connectivity index (χ1) is 8.67. The highest BCUT2D eigenvalue weighted by Crippen LogP contribution is 2.15. The number of rotatable bonds is 4. The van der Waals surface area contributed by atoms with Crippen molar-refractivity contribution in [2.24, 2.45) is 0 Å². The summed E-state index contributed by atoms with van der Waals surface area (Å²) in [5, 5.41) is 3.94. The average Bonchev–Trinajstić information content (AvgIpc) is 2.36. The monoisotopic (exact) mass is 263 g/mol. The lowest BCUT2D eigenvalue weighted by Crippen LogP contribution is -2.04. The minimum Gasteiger partial charge on any atom is -0.481 e. The molecule has 2 rings (SSSR count). The molecule has 0 aliphatic rings. The van der Waals surface area contributed by atoms with Gasteiger partial charge in [-0.25, -0.2) is 4.98 Å². The summed E-state index contributed by atoms with van der Waals surface area (Å²) in [5.74, 6) is 1.96. The standard InChI is InChI=1S/C13H14ClN3O/c1-9-16-12(7-13(17-9)18-2)15-8-10-4-3-5-11(14)6-10/h3-7H,8H2,1-2H3,(H,15,16,17). The predicted molar refractivity (Wildman–Crippen MR) is 72.1 cm³/mol. The summed E-state index contributed by atoms with van der Waals surface area (Å²) < 4.78 is 5.09. The second-order valence-electron chi connectivity index (χ2n) is 3.83. The Balaban J connectivity index is 2.08. The molecule has 4 nitrogen and oxygen atoms in total. The summed E-state index contributed by atoms with van der Waals surface area (Å²) in [4.78, 5) is 8.41. The maximum Gasteiger partial charge on any atom is 0.218 e. The van der Waals surface area contributed by atoms with E-state index in [0.717, 1.165) is 16.4 Å². The van der Waals surface area contributed by atoms with Gasteiger partial charge in [0.15, 0.2) is 0 Å². The van der Waals surface area contributed by atoms with E-state index in [1.165, 1.54) is 0 Å². The highest BCUT2D eigenvalue weighted by molar-refractivity contribution is 6.30. The Morgan fingerprint density at radius 2 is 2.11 bits per heavy atom. The van der Waals surface area contributed by atoms with Crippen molar-refractivity contribution in [1.82, 2.24) is 9.97 Å². The highest BCUT2D eigenvalue weighted by Gasteiger charge is 2.02. The molecule has 0 radical (unpaired) electrons. The van der Waals surface area contributed by atoms with Gasteiger partial charge >= 0.3 is 0 Å². The molecule has 0 bridgehead atoms. The lowest BCUT2D eigenvalue weighted by atomic mass is 10.2. The molecule has 0 unspecified atom stereocenters. The summed E-state index contributed by atoms with van der Waals surface area (Å²) in [7, 11) is 1.59. The molecule has 0 spiro atoms. The Morgan fingerprint density at radius 3 is 2.83 bits per heavy atom. The molecule has 5 heteroatoms. The first-order valence-corrected chi connectivity index (χ1v) is 5.93. The second kappa shape index (κ2) is 5.69. The number of anilines is 1. The lowest BCUT2D eigenvalue weighted by molar-refractivity contribution is 0.396. The van der Waals surface area contributed by atoms with E-state index >= 15 is 0 Å². The third-order valence-electron chi connectivity index (χ3n) is 2.39. The molecule has 0 aliphatic carbocycles. The molecule has 0 saturated carbocycles. The minimum absolute atomic E-state index is 0.552. The molecule has 1 aromatic heterocycles. The third kappa shape index (κ3) is 3.34. The van der Waals surface area contributed by atoms with Gasteiger partial charge in [0, 0.05) is 17.6 Å². The Labute approximate surface area is 111 Å². The quantitative estimate of drug-likeness (QED) is 0.921. The normalized spacial score (nSPS) is 10.2.